The summed E-state index contributed by atoms with van der Waals surface area (Å²) in [6.45, 7) is 6.97. The molecule has 16 heavy (non-hydrogen) atoms. The normalized spacial score (nSPS) is 27.2. The van der Waals surface area contributed by atoms with Gasteiger partial charge in [0.1, 0.15) is 11.5 Å². The Labute approximate surface area is 95.6 Å². The molecule has 1 fully saturated rings. The van der Waals surface area contributed by atoms with Crippen LogP contribution in [0.3, 0.4) is 0 Å². The highest BCUT2D eigenvalue weighted by Crippen LogP contribution is 2.22. The van der Waals surface area contributed by atoms with Crippen LogP contribution in [-0.2, 0) is 4.74 Å². The number of rotatable bonds is 3. The SMILES string of the molecule is Cc1cc(C(C)NC2COCC2O)c(C)o1. The van der Waals surface area contributed by atoms with Crippen molar-refractivity contribution in [1.29, 1.82) is 0 Å². The number of aliphatic hydroxyl groups excluding tert-OH is 1. The fraction of sp³-hybridized carbons (Fsp3) is 0.667. The third-order valence-corrected chi connectivity index (χ3v) is 3.06. The van der Waals surface area contributed by atoms with Crippen LogP contribution in [0.5, 0.6) is 0 Å². The van der Waals surface area contributed by atoms with Crippen LogP contribution in [0.1, 0.15) is 30.0 Å². The van der Waals surface area contributed by atoms with Gasteiger partial charge in [-0.1, -0.05) is 0 Å². The Hall–Kier alpha value is -0.840. The Balaban J connectivity index is 2.02. The highest BCUT2D eigenvalue weighted by molar-refractivity contribution is 5.23. The van der Waals surface area contributed by atoms with Gasteiger partial charge in [0.25, 0.3) is 0 Å². The first-order valence-electron chi connectivity index (χ1n) is 5.66. The fourth-order valence-electron chi connectivity index (χ4n) is 2.19. The lowest BCUT2D eigenvalue weighted by atomic mass is 10.1. The lowest BCUT2D eigenvalue weighted by Crippen LogP contribution is -2.40. The largest absolute Gasteiger partial charge is 0.466 e. The van der Waals surface area contributed by atoms with Crippen molar-refractivity contribution >= 4 is 0 Å². The zero-order chi connectivity index (χ0) is 11.7. The number of nitrogens with one attached hydrogen (secondary N) is 1. The summed E-state index contributed by atoms with van der Waals surface area (Å²) in [5.74, 6) is 1.86. The van der Waals surface area contributed by atoms with Crippen molar-refractivity contribution in [3.63, 3.8) is 0 Å². The Bertz CT molecular complexity index is 361. The molecule has 0 aromatic carbocycles. The van der Waals surface area contributed by atoms with Crippen molar-refractivity contribution in [3.05, 3.63) is 23.2 Å². The maximum atomic E-state index is 9.65. The van der Waals surface area contributed by atoms with E-state index in [0.717, 1.165) is 17.1 Å². The second-order valence-electron chi connectivity index (χ2n) is 4.47. The van der Waals surface area contributed by atoms with E-state index in [1.807, 2.05) is 19.9 Å². The van der Waals surface area contributed by atoms with Gasteiger partial charge < -0.3 is 19.6 Å². The lowest BCUT2D eigenvalue weighted by Gasteiger charge is -2.20. The molecular formula is C12H19NO3. The van der Waals surface area contributed by atoms with Gasteiger partial charge in [0.15, 0.2) is 0 Å². The standard InChI is InChI=1S/C12H19NO3/c1-7-4-10(9(3)16-7)8(2)13-11-5-15-6-12(11)14/h4,8,11-14H,5-6H2,1-3H3. The predicted octanol–water partition coefficient (Wildman–Crippen LogP) is 1.31. The molecule has 2 heterocycles. The van der Waals surface area contributed by atoms with Gasteiger partial charge in [0.2, 0.25) is 0 Å². The third-order valence-electron chi connectivity index (χ3n) is 3.06. The molecule has 90 valence electrons. The van der Waals surface area contributed by atoms with E-state index in [4.69, 9.17) is 9.15 Å². The molecule has 4 nitrogen and oxygen atoms in total. The molecule has 2 rings (SSSR count). The molecule has 1 aromatic heterocycles. The highest BCUT2D eigenvalue weighted by Gasteiger charge is 2.28. The Morgan fingerprint density at radius 3 is 2.69 bits per heavy atom. The molecule has 0 radical (unpaired) electrons. The minimum Gasteiger partial charge on any atom is -0.466 e. The van der Waals surface area contributed by atoms with E-state index in [-0.39, 0.29) is 12.1 Å². The van der Waals surface area contributed by atoms with Crippen LogP contribution < -0.4 is 5.32 Å². The topological polar surface area (TPSA) is 54.6 Å². The van der Waals surface area contributed by atoms with Gasteiger partial charge in [0, 0.05) is 11.6 Å². The van der Waals surface area contributed by atoms with Crippen molar-refractivity contribution in [2.24, 2.45) is 0 Å². The average molecular weight is 225 g/mol. The van der Waals surface area contributed by atoms with Crippen LogP contribution in [0.25, 0.3) is 0 Å². The van der Waals surface area contributed by atoms with Crippen LogP contribution in [0.15, 0.2) is 10.5 Å². The lowest BCUT2D eigenvalue weighted by molar-refractivity contribution is 0.121. The van der Waals surface area contributed by atoms with E-state index in [1.165, 1.54) is 0 Å². The summed E-state index contributed by atoms with van der Waals surface area (Å²) in [4.78, 5) is 0. The quantitative estimate of drug-likeness (QED) is 0.814. The first-order valence-corrected chi connectivity index (χ1v) is 5.66. The molecule has 1 saturated heterocycles. The Morgan fingerprint density at radius 2 is 2.19 bits per heavy atom. The van der Waals surface area contributed by atoms with Crippen molar-refractivity contribution < 1.29 is 14.3 Å². The molecule has 0 amide bonds. The van der Waals surface area contributed by atoms with Gasteiger partial charge in [0.05, 0.1) is 25.4 Å². The molecule has 3 atom stereocenters. The van der Waals surface area contributed by atoms with Gasteiger partial charge in [-0.2, -0.15) is 0 Å². The number of furan rings is 1. The third kappa shape index (κ3) is 2.29. The summed E-state index contributed by atoms with van der Waals surface area (Å²) in [6.07, 6.45) is -0.407. The highest BCUT2D eigenvalue weighted by atomic mass is 16.5. The van der Waals surface area contributed by atoms with Crippen LogP contribution in [0.4, 0.5) is 0 Å². The summed E-state index contributed by atoms with van der Waals surface area (Å²) < 4.78 is 10.7. The zero-order valence-electron chi connectivity index (χ0n) is 9.99. The van der Waals surface area contributed by atoms with Crippen LogP contribution in [0, 0.1) is 13.8 Å². The summed E-state index contributed by atoms with van der Waals surface area (Å²) >= 11 is 0. The van der Waals surface area contributed by atoms with Gasteiger partial charge in [-0.05, 0) is 26.8 Å². The summed E-state index contributed by atoms with van der Waals surface area (Å²) in [7, 11) is 0. The van der Waals surface area contributed by atoms with E-state index < -0.39 is 6.10 Å². The summed E-state index contributed by atoms with van der Waals surface area (Å²) in [5, 5.41) is 13.0. The van der Waals surface area contributed by atoms with Crippen LogP contribution in [-0.4, -0.2) is 30.5 Å². The maximum absolute atomic E-state index is 9.65. The monoisotopic (exact) mass is 225 g/mol. The molecule has 1 aliphatic heterocycles. The van der Waals surface area contributed by atoms with Crippen LogP contribution in [0.2, 0.25) is 0 Å². The van der Waals surface area contributed by atoms with Gasteiger partial charge >= 0.3 is 0 Å². The molecule has 0 aliphatic carbocycles. The molecule has 1 aromatic rings. The van der Waals surface area contributed by atoms with Crippen molar-refractivity contribution in [2.75, 3.05) is 13.2 Å². The minimum atomic E-state index is -0.407. The zero-order valence-corrected chi connectivity index (χ0v) is 9.99. The molecule has 0 spiro atoms. The van der Waals surface area contributed by atoms with Crippen molar-refractivity contribution in [1.82, 2.24) is 5.32 Å². The van der Waals surface area contributed by atoms with Crippen LogP contribution >= 0.6 is 0 Å². The molecule has 1 aliphatic rings. The van der Waals surface area contributed by atoms with E-state index >= 15 is 0 Å². The number of aryl methyl sites for hydroxylation is 2. The van der Waals surface area contributed by atoms with E-state index in [9.17, 15) is 5.11 Å². The first kappa shape index (κ1) is 11.6. The Morgan fingerprint density at radius 1 is 1.44 bits per heavy atom. The molecule has 2 N–H and O–H groups in total. The second-order valence-corrected chi connectivity index (χ2v) is 4.47. The van der Waals surface area contributed by atoms with E-state index in [0.29, 0.717) is 13.2 Å². The smallest absolute Gasteiger partial charge is 0.105 e. The van der Waals surface area contributed by atoms with Gasteiger partial charge in [-0.25, -0.2) is 0 Å². The summed E-state index contributed by atoms with van der Waals surface area (Å²) in [5.41, 5.74) is 1.15. The fourth-order valence-corrected chi connectivity index (χ4v) is 2.19. The minimum absolute atomic E-state index is 0.0182. The molecule has 4 heteroatoms. The van der Waals surface area contributed by atoms with E-state index in [2.05, 4.69) is 12.2 Å². The Kier molecular flexibility index (Phi) is 3.33. The molecule has 3 unspecified atom stereocenters. The average Bonchev–Trinajstić information content (AvgIpc) is 2.74. The van der Waals surface area contributed by atoms with Gasteiger partial charge in [-0.3, -0.25) is 0 Å². The number of hydrogen-bond acceptors (Lipinski definition) is 4. The predicted molar refractivity (Wildman–Crippen MR) is 60.3 cm³/mol. The number of aliphatic hydroxyl groups is 1. The molecular weight excluding hydrogens is 206 g/mol. The molecule has 0 bridgehead atoms. The maximum Gasteiger partial charge on any atom is 0.105 e. The molecule has 0 saturated carbocycles. The summed E-state index contributed by atoms with van der Waals surface area (Å²) in [6, 6.07) is 2.22. The number of hydrogen-bond donors (Lipinski definition) is 2. The van der Waals surface area contributed by atoms with Gasteiger partial charge in [-0.15, -0.1) is 0 Å². The van der Waals surface area contributed by atoms with E-state index in [1.54, 1.807) is 0 Å². The number of ether oxygens (including phenoxy) is 1. The van der Waals surface area contributed by atoms with Crippen molar-refractivity contribution in [3.8, 4) is 0 Å². The first-order chi connectivity index (χ1) is 7.58. The second kappa shape index (κ2) is 4.57. The van der Waals surface area contributed by atoms with Crippen molar-refractivity contribution in [2.45, 2.75) is 39.0 Å².